The Morgan fingerprint density at radius 3 is 3.12 bits per heavy atom. The summed E-state index contributed by atoms with van der Waals surface area (Å²) in [5, 5.41) is 3.84. The van der Waals surface area contributed by atoms with Crippen LogP contribution in [0.15, 0.2) is 28.9 Å². The minimum Gasteiger partial charge on any atom is -0.453 e. The molecule has 1 aromatic heterocycles. The lowest BCUT2D eigenvalue weighted by Crippen LogP contribution is -2.25. The Morgan fingerprint density at radius 2 is 2.35 bits per heavy atom. The van der Waals surface area contributed by atoms with Crippen molar-refractivity contribution in [1.29, 1.82) is 0 Å². The summed E-state index contributed by atoms with van der Waals surface area (Å²) in [6.45, 7) is 0.562. The van der Waals surface area contributed by atoms with Gasteiger partial charge in [0.1, 0.15) is 0 Å². The number of rotatable bonds is 3. The van der Waals surface area contributed by atoms with E-state index in [4.69, 9.17) is 0 Å². The van der Waals surface area contributed by atoms with Crippen LogP contribution in [-0.2, 0) is 11.2 Å². The quantitative estimate of drug-likeness (QED) is 0.915. The summed E-state index contributed by atoms with van der Waals surface area (Å²) in [6.07, 6.45) is 2.34. The number of carbonyl (C=O) groups is 1. The molecule has 0 bridgehead atoms. The molecule has 2 N–H and O–H groups in total. The van der Waals surface area contributed by atoms with Gasteiger partial charge >= 0.3 is 6.09 Å². The van der Waals surface area contributed by atoms with Crippen molar-refractivity contribution in [3.05, 3.63) is 34.4 Å². The van der Waals surface area contributed by atoms with Gasteiger partial charge in [0.25, 0.3) is 0 Å². The zero-order valence-electron chi connectivity index (χ0n) is 9.42. The van der Waals surface area contributed by atoms with Crippen LogP contribution in [0, 0.1) is 0 Å². The lowest BCUT2D eigenvalue weighted by atomic mass is 10.1. The number of nitrogens with one attached hydrogen (secondary N) is 2. The first kappa shape index (κ1) is 12.0. The summed E-state index contributed by atoms with van der Waals surface area (Å²) in [7, 11) is 1.36. The Kier molecular flexibility index (Phi) is 3.68. The highest BCUT2D eigenvalue weighted by Crippen LogP contribution is 2.25. The fraction of sp³-hybridized carbons (Fsp3) is 0.250. The zero-order chi connectivity index (χ0) is 12.3. The van der Waals surface area contributed by atoms with E-state index in [0.29, 0.717) is 6.54 Å². The second-order valence-electron chi connectivity index (χ2n) is 3.64. The topological polar surface area (TPSA) is 54.1 Å². The van der Waals surface area contributed by atoms with Gasteiger partial charge in [0.05, 0.1) is 12.6 Å². The molecule has 1 aromatic carbocycles. The Hall–Kier alpha value is -1.49. The number of alkyl carbamates (subject to hydrolysis) is 1. The largest absolute Gasteiger partial charge is 0.453 e. The number of carbonyl (C=O) groups excluding carboxylic acids is 1. The van der Waals surface area contributed by atoms with Crippen molar-refractivity contribution in [3.8, 4) is 0 Å². The molecule has 0 fully saturated rings. The van der Waals surface area contributed by atoms with Gasteiger partial charge < -0.3 is 15.0 Å². The van der Waals surface area contributed by atoms with Crippen LogP contribution in [-0.4, -0.2) is 24.7 Å². The smallest absolute Gasteiger partial charge is 0.406 e. The van der Waals surface area contributed by atoms with Gasteiger partial charge in [0.15, 0.2) is 0 Å². The first-order valence-electron chi connectivity index (χ1n) is 5.28. The fourth-order valence-corrected chi connectivity index (χ4v) is 2.23. The van der Waals surface area contributed by atoms with E-state index in [-0.39, 0.29) is 0 Å². The maximum Gasteiger partial charge on any atom is 0.406 e. The van der Waals surface area contributed by atoms with Crippen LogP contribution in [0.25, 0.3) is 10.9 Å². The summed E-state index contributed by atoms with van der Waals surface area (Å²) < 4.78 is 5.55. The molecule has 0 aliphatic heterocycles. The molecule has 0 radical (unpaired) electrons. The lowest BCUT2D eigenvalue weighted by Gasteiger charge is -2.02. The van der Waals surface area contributed by atoms with Gasteiger partial charge in [-0.15, -0.1) is 0 Å². The van der Waals surface area contributed by atoms with Crippen molar-refractivity contribution in [2.45, 2.75) is 6.42 Å². The second kappa shape index (κ2) is 5.23. The van der Waals surface area contributed by atoms with E-state index in [2.05, 4.69) is 37.0 Å². The number of ether oxygens (including phenoxy) is 1. The van der Waals surface area contributed by atoms with Gasteiger partial charge in [-0.1, -0.05) is 12.1 Å². The van der Waals surface area contributed by atoms with Crippen molar-refractivity contribution in [2.24, 2.45) is 0 Å². The van der Waals surface area contributed by atoms with Crippen LogP contribution >= 0.6 is 15.9 Å². The van der Waals surface area contributed by atoms with Gasteiger partial charge in [-0.2, -0.15) is 0 Å². The van der Waals surface area contributed by atoms with E-state index >= 15 is 0 Å². The van der Waals surface area contributed by atoms with Crippen LogP contribution in [0.2, 0.25) is 0 Å². The highest BCUT2D eigenvalue weighted by molar-refractivity contribution is 9.10. The fourth-order valence-electron chi connectivity index (χ4n) is 1.75. The molecule has 4 nitrogen and oxygen atoms in total. The normalized spacial score (nSPS) is 10.5. The molecule has 5 heteroatoms. The molecule has 2 rings (SSSR count). The van der Waals surface area contributed by atoms with Crippen molar-refractivity contribution >= 4 is 32.9 Å². The summed E-state index contributed by atoms with van der Waals surface area (Å²) in [5.41, 5.74) is 2.26. The number of aromatic amines is 1. The number of hydrogen-bond donors (Lipinski definition) is 2. The molecule has 17 heavy (non-hydrogen) atoms. The van der Waals surface area contributed by atoms with Crippen molar-refractivity contribution in [1.82, 2.24) is 10.3 Å². The number of aromatic nitrogens is 1. The minimum atomic E-state index is -0.397. The molecule has 0 aliphatic carbocycles. The average Bonchev–Trinajstić information content (AvgIpc) is 2.74. The Bertz CT molecular complexity index is 536. The van der Waals surface area contributed by atoms with E-state index in [1.807, 2.05) is 18.3 Å². The summed E-state index contributed by atoms with van der Waals surface area (Å²) in [5.74, 6) is 0. The summed E-state index contributed by atoms with van der Waals surface area (Å²) in [4.78, 5) is 14.1. The number of benzene rings is 1. The molecule has 2 aromatic rings. The molecule has 1 amide bonds. The first-order valence-corrected chi connectivity index (χ1v) is 6.08. The Labute approximate surface area is 107 Å². The number of H-pyrrole nitrogens is 1. The number of para-hydroxylation sites is 1. The monoisotopic (exact) mass is 296 g/mol. The average molecular weight is 297 g/mol. The third kappa shape index (κ3) is 2.61. The first-order chi connectivity index (χ1) is 8.22. The maximum atomic E-state index is 10.9. The van der Waals surface area contributed by atoms with E-state index in [9.17, 15) is 4.79 Å². The van der Waals surface area contributed by atoms with Crippen molar-refractivity contribution in [3.63, 3.8) is 0 Å². The number of methoxy groups -OCH3 is 1. The summed E-state index contributed by atoms with van der Waals surface area (Å²) >= 11 is 3.49. The highest BCUT2D eigenvalue weighted by Gasteiger charge is 2.06. The van der Waals surface area contributed by atoms with Gasteiger partial charge in [0, 0.05) is 22.6 Å². The van der Waals surface area contributed by atoms with E-state index in [1.165, 1.54) is 18.1 Å². The van der Waals surface area contributed by atoms with Crippen LogP contribution in [0.1, 0.15) is 5.56 Å². The number of amides is 1. The zero-order valence-corrected chi connectivity index (χ0v) is 11.0. The van der Waals surface area contributed by atoms with E-state index < -0.39 is 6.09 Å². The predicted molar refractivity (Wildman–Crippen MR) is 70.1 cm³/mol. The third-order valence-corrected chi connectivity index (χ3v) is 3.26. The van der Waals surface area contributed by atoms with E-state index in [0.717, 1.165) is 16.4 Å². The molecule has 0 saturated heterocycles. The summed E-state index contributed by atoms with van der Waals surface area (Å²) in [6, 6.07) is 6.05. The minimum absolute atomic E-state index is 0.397. The Balaban J connectivity index is 2.09. The SMILES string of the molecule is COC(=O)NCCc1c[nH]c2c(Br)cccc12. The molecule has 0 spiro atoms. The Morgan fingerprint density at radius 1 is 1.53 bits per heavy atom. The van der Waals surface area contributed by atoms with Gasteiger partial charge in [-0.3, -0.25) is 0 Å². The van der Waals surface area contributed by atoms with Gasteiger partial charge in [0.2, 0.25) is 0 Å². The highest BCUT2D eigenvalue weighted by atomic mass is 79.9. The van der Waals surface area contributed by atoms with Gasteiger partial charge in [-0.05, 0) is 34.0 Å². The van der Waals surface area contributed by atoms with Crippen molar-refractivity contribution < 1.29 is 9.53 Å². The van der Waals surface area contributed by atoms with Crippen molar-refractivity contribution in [2.75, 3.05) is 13.7 Å². The van der Waals surface area contributed by atoms with Crippen LogP contribution < -0.4 is 5.32 Å². The molecule has 0 saturated carbocycles. The predicted octanol–water partition coefficient (Wildman–Crippen LogP) is 2.83. The number of hydrogen-bond acceptors (Lipinski definition) is 2. The second-order valence-corrected chi connectivity index (χ2v) is 4.50. The molecule has 0 aliphatic rings. The molecule has 90 valence electrons. The van der Waals surface area contributed by atoms with E-state index in [1.54, 1.807) is 0 Å². The number of fused-ring (bicyclic) bond motifs is 1. The standard InChI is InChI=1S/C12H13BrN2O2/c1-17-12(16)14-6-5-8-7-15-11-9(8)3-2-4-10(11)13/h2-4,7,15H,5-6H2,1H3,(H,14,16). The van der Waals surface area contributed by atoms with Crippen LogP contribution in [0.3, 0.4) is 0 Å². The molecule has 0 atom stereocenters. The molecule has 0 unspecified atom stereocenters. The van der Waals surface area contributed by atoms with Gasteiger partial charge in [-0.25, -0.2) is 4.79 Å². The maximum absolute atomic E-state index is 10.9. The number of halogens is 1. The van der Waals surface area contributed by atoms with Crippen LogP contribution in [0.4, 0.5) is 4.79 Å². The van der Waals surface area contributed by atoms with Crippen LogP contribution in [0.5, 0.6) is 0 Å². The molecule has 1 heterocycles. The molecular formula is C12H13BrN2O2. The molecular weight excluding hydrogens is 284 g/mol. The lowest BCUT2D eigenvalue weighted by molar-refractivity contribution is 0.171. The third-order valence-electron chi connectivity index (χ3n) is 2.60.